The summed E-state index contributed by atoms with van der Waals surface area (Å²) >= 11 is 13.7. The Bertz CT molecular complexity index is 803. The first kappa shape index (κ1) is 18.4. The number of nitrogens with one attached hydrogen (secondary N) is 1. The van der Waals surface area contributed by atoms with E-state index < -0.39 is 6.10 Å². The summed E-state index contributed by atoms with van der Waals surface area (Å²) in [5, 5.41) is 3.57. The van der Waals surface area contributed by atoms with Gasteiger partial charge in [0.2, 0.25) is 0 Å². The van der Waals surface area contributed by atoms with Crippen LogP contribution in [0.3, 0.4) is 0 Å². The van der Waals surface area contributed by atoms with Crippen LogP contribution in [-0.4, -0.2) is 17.8 Å². The van der Waals surface area contributed by atoms with Gasteiger partial charge in [-0.25, -0.2) is 4.39 Å². The zero-order chi connectivity index (χ0) is 18.0. The van der Waals surface area contributed by atoms with Gasteiger partial charge < -0.3 is 10.1 Å². The van der Waals surface area contributed by atoms with Gasteiger partial charge in [0.1, 0.15) is 16.6 Å². The van der Waals surface area contributed by atoms with E-state index in [0.29, 0.717) is 10.8 Å². The number of halogens is 3. The van der Waals surface area contributed by atoms with Crippen molar-refractivity contribution in [3.63, 3.8) is 0 Å². The molecule has 1 aliphatic heterocycles. The summed E-state index contributed by atoms with van der Waals surface area (Å²) in [7, 11) is 0. The van der Waals surface area contributed by atoms with Gasteiger partial charge in [-0.15, -0.1) is 11.8 Å². The van der Waals surface area contributed by atoms with E-state index in [1.54, 1.807) is 43.0 Å². The molecule has 132 valence electrons. The minimum absolute atomic E-state index is 0.236. The summed E-state index contributed by atoms with van der Waals surface area (Å²) in [6.07, 6.45) is -0.0279. The Labute approximate surface area is 159 Å². The molecule has 0 saturated carbocycles. The lowest BCUT2D eigenvalue weighted by Crippen LogP contribution is -2.39. The lowest BCUT2D eigenvalue weighted by Gasteiger charge is -2.27. The van der Waals surface area contributed by atoms with Gasteiger partial charge in [0, 0.05) is 10.6 Å². The van der Waals surface area contributed by atoms with Crippen molar-refractivity contribution in [2.45, 2.75) is 30.4 Å². The maximum absolute atomic E-state index is 13.6. The number of hydrogen-bond donors (Lipinski definition) is 1. The van der Waals surface area contributed by atoms with Crippen molar-refractivity contribution in [1.82, 2.24) is 5.32 Å². The molecule has 0 fully saturated rings. The summed E-state index contributed by atoms with van der Waals surface area (Å²) in [5.74, 6) is 0.611. The predicted molar refractivity (Wildman–Crippen MR) is 99.2 cm³/mol. The Balaban J connectivity index is 1.70. The first-order valence-corrected chi connectivity index (χ1v) is 9.53. The molecule has 1 amide bonds. The highest BCUT2D eigenvalue weighted by atomic mass is 35.5. The minimum atomic E-state index is -0.762. The largest absolute Gasteiger partial charge is 0.479 e. The second-order valence-electron chi connectivity index (χ2n) is 5.69. The third kappa shape index (κ3) is 4.22. The van der Waals surface area contributed by atoms with Gasteiger partial charge in [-0.05, 0) is 49.2 Å². The number of rotatable bonds is 4. The summed E-state index contributed by atoms with van der Waals surface area (Å²) in [5.41, 5.74) is 0.803. The fourth-order valence-corrected chi connectivity index (χ4v) is 4.07. The second kappa shape index (κ2) is 7.85. The van der Waals surface area contributed by atoms with Gasteiger partial charge in [-0.3, -0.25) is 4.79 Å². The third-order valence-corrected chi connectivity index (χ3v) is 5.84. The number of hydrogen-bond acceptors (Lipinski definition) is 3. The molecule has 0 radical (unpaired) electrons. The molecule has 1 heterocycles. The van der Waals surface area contributed by atoms with E-state index in [4.69, 9.17) is 27.9 Å². The van der Waals surface area contributed by atoms with E-state index in [1.807, 2.05) is 0 Å². The lowest BCUT2D eigenvalue weighted by molar-refractivity contribution is -0.128. The lowest BCUT2D eigenvalue weighted by atomic mass is 10.0. The summed E-state index contributed by atoms with van der Waals surface area (Å²) in [6.45, 7) is 1.64. The topological polar surface area (TPSA) is 38.3 Å². The van der Waals surface area contributed by atoms with Crippen molar-refractivity contribution in [1.29, 1.82) is 0 Å². The van der Waals surface area contributed by atoms with E-state index in [1.165, 1.54) is 12.1 Å². The summed E-state index contributed by atoms with van der Waals surface area (Å²) < 4.78 is 19.2. The number of benzene rings is 2. The summed E-state index contributed by atoms with van der Waals surface area (Å²) in [6, 6.07) is 9.42. The molecule has 1 aliphatic rings. The minimum Gasteiger partial charge on any atom is -0.479 e. The monoisotopic (exact) mass is 399 g/mol. The van der Waals surface area contributed by atoms with Crippen LogP contribution in [0, 0.1) is 5.82 Å². The molecule has 2 aromatic rings. The van der Waals surface area contributed by atoms with E-state index in [9.17, 15) is 9.18 Å². The van der Waals surface area contributed by atoms with Crippen LogP contribution < -0.4 is 10.1 Å². The zero-order valence-electron chi connectivity index (χ0n) is 13.4. The first-order valence-electron chi connectivity index (χ1n) is 7.79. The van der Waals surface area contributed by atoms with E-state index in [-0.39, 0.29) is 22.8 Å². The van der Waals surface area contributed by atoms with Gasteiger partial charge in [0.15, 0.2) is 6.10 Å². The Morgan fingerprint density at radius 1 is 1.36 bits per heavy atom. The number of ether oxygens (including phenoxy) is 1. The van der Waals surface area contributed by atoms with Crippen molar-refractivity contribution >= 4 is 40.9 Å². The van der Waals surface area contributed by atoms with Crippen molar-refractivity contribution in [2.75, 3.05) is 5.75 Å². The molecule has 25 heavy (non-hydrogen) atoms. The predicted octanol–water partition coefficient (Wildman–Crippen LogP) is 5.25. The van der Waals surface area contributed by atoms with Gasteiger partial charge in [-0.2, -0.15) is 0 Å². The third-order valence-electron chi connectivity index (χ3n) is 3.92. The van der Waals surface area contributed by atoms with Crippen molar-refractivity contribution in [2.24, 2.45) is 0 Å². The Morgan fingerprint density at radius 3 is 2.96 bits per heavy atom. The number of amides is 1. The molecular weight excluding hydrogens is 384 g/mol. The van der Waals surface area contributed by atoms with Crippen LogP contribution in [0.5, 0.6) is 5.75 Å². The second-order valence-corrected chi connectivity index (χ2v) is 7.61. The highest BCUT2D eigenvalue weighted by molar-refractivity contribution is 7.99. The molecule has 0 aromatic heterocycles. The first-order chi connectivity index (χ1) is 12.0. The van der Waals surface area contributed by atoms with E-state index >= 15 is 0 Å². The smallest absolute Gasteiger partial charge is 0.261 e. The number of carbonyl (C=O) groups is 1. The number of fused-ring (bicyclic) bond motifs is 1. The maximum Gasteiger partial charge on any atom is 0.261 e. The Kier molecular flexibility index (Phi) is 5.77. The molecule has 2 aromatic carbocycles. The van der Waals surface area contributed by atoms with Crippen LogP contribution in [0.1, 0.15) is 24.9 Å². The van der Waals surface area contributed by atoms with Gasteiger partial charge >= 0.3 is 0 Å². The molecule has 0 bridgehead atoms. The molecule has 0 spiro atoms. The van der Waals surface area contributed by atoms with E-state index in [2.05, 4.69) is 5.32 Å². The molecule has 0 saturated heterocycles. The Morgan fingerprint density at radius 2 is 2.16 bits per heavy atom. The fourth-order valence-electron chi connectivity index (χ4n) is 2.62. The molecular formula is C18H16Cl2FNO2S. The Hall–Kier alpha value is -1.43. The number of thioether (sulfide) groups is 1. The van der Waals surface area contributed by atoms with Crippen LogP contribution in [0.2, 0.25) is 10.0 Å². The maximum atomic E-state index is 13.6. The SMILES string of the molecule is C[C@H](Oc1cccc(Cl)c1Cl)C(=O)N[C@@H]1CCSc2ccc(F)cc21. The molecule has 7 heteroatoms. The van der Waals surface area contributed by atoms with Crippen molar-refractivity contribution in [3.05, 3.63) is 57.8 Å². The highest BCUT2D eigenvalue weighted by Crippen LogP contribution is 2.37. The van der Waals surface area contributed by atoms with Crippen molar-refractivity contribution < 1.29 is 13.9 Å². The molecule has 0 unspecified atom stereocenters. The van der Waals surface area contributed by atoms with Crippen LogP contribution in [0.4, 0.5) is 4.39 Å². The van der Waals surface area contributed by atoms with Gasteiger partial charge in [-0.1, -0.05) is 29.3 Å². The summed E-state index contributed by atoms with van der Waals surface area (Å²) in [4.78, 5) is 13.5. The van der Waals surface area contributed by atoms with Crippen LogP contribution >= 0.6 is 35.0 Å². The highest BCUT2D eigenvalue weighted by Gasteiger charge is 2.26. The quantitative estimate of drug-likeness (QED) is 0.762. The average Bonchev–Trinajstić information content (AvgIpc) is 2.59. The molecule has 2 atom stereocenters. The standard InChI is InChI=1S/C18H16Cl2FNO2S/c1-10(24-15-4-2-3-13(19)17(15)20)18(23)22-14-7-8-25-16-6-5-11(21)9-12(14)16/h2-6,9-10,14H,7-8H2,1H3,(H,22,23)/t10-,14+/m0/s1. The van der Waals surface area contributed by atoms with Crippen molar-refractivity contribution in [3.8, 4) is 5.75 Å². The van der Waals surface area contributed by atoms with Crippen LogP contribution in [-0.2, 0) is 4.79 Å². The van der Waals surface area contributed by atoms with Gasteiger partial charge in [0.05, 0.1) is 11.1 Å². The van der Waals surface area contributed by atoms with E-state index in [0.717, 1.165) is 22.6 Å². The molecule has 0 aliphatic carbocycles. The molecule has 3 rings (SSSR count). The number of carbonyl (C=O) groups excluding carboxylic acids is 1. The zero-order valence-corrected chi connectivity index (χ0v) is 15.7. The van der Waals surface area contributed by atoms with Crippen LogP contribution in [0.25, 0.3) is 0 Å². The van der Waals surface area contributed by atoms with Gasteiger partial charge in [0.25, 0.3) is 5.91 Å². The van der Waals surface area contributed by atoms with Crippen LogP contribution in [0.15, 0.2) is 41.3 Å². The fraction of sp³-hybridized carbons (Fsp3) is 0.278. The molecule has 3 nitrogen and oxygen atoms in total. The normalized spacial score (nSPS) is 17.5. The average molecular weight is 400 g/mol. The molecule has 1 N–H and O–H groups in total.